The van der Waals surface area contributed by atoms with E-state index in [1.807, 2.05) is 12.1 Å². The zero-order valence-corrected chi connectivity index (χ0v) is 13.1. The highest BCUT2D eigenvalue weighted by Gasteiger charge is 2.54. The van der Waals surface area contributed by atoms with E-state index in [-0.39, 0.29) is 11.5 Å². The molecule has 2 nitrogen and oxygen atoms in total. The van der Waals surface area contributed by atoms with Gasteiger partial charge in [-0.3, -0.25) is 0 Å². The minimum Gasteiger partial charge on any atom is -0.508 e. The van der Waals surface area contributed by atoms with Crippen LogP contribution in [0.1, 0.15) is 56.1 Å². The summed E-state index contributed by atoms with van der Waals surface area (Å²) in [6.07, 6.45) is 6.78. The molecule has 2 N–H and O–H groups in total. The van der Waals surface area contributed by atoms with Gasteiger partial charge in [0.25, 0.3) is 0 Å². The summed E-state index contributed by atoms with van der Waals surface area (Å²) >= 11 is 0. The zero-order valence-electron chi connectivity index (χ0n) is 13.1. The van der Waals surface area contributed by atoms with Crippen LogP contribution < -0.4 is 5.46 Å². The molecule has 0 aromatic heterocycles. The molecule has 2 fully saturated rings. The fraction of sp³-hybridized carbons (Fsp3) is 0.667. The molecule has 4 rings (SSSR count). The monoisotopic (exact) mass is 284 g/mol. The average molecular weight is 284 g/mol. The third-order valence-electron chi connectivity index (χ3n) is 6.96. The molecule has 0 aliphatic heterocycles. The topological polar surface area (TPSA) is 40.5 Å². The van der Waals surface area contributed by atoms with Crippen molar-refractivity contribution in [1.29, 1.82) is 0 Å². The van der Waals surface area contributed by atoms with Crippen LogP contribution in [0.25, 0.3) is 0 Å². The van der Waals surface area contributed by atoms with Gasteiger partial charge in [-0.1, -0.05) is 12.4 Å². The second-order valence-electron chi connectivity index (χ2n) is 7.89. The summed E-state index contributed by atoms with van der Waals surface area (Å²) in [4.78, 5) is 0. The number of rotatable bonds is 0. The number of benzene rings is 1. The molecule has 5 atom stereocenters. The highest BCUT2D eigenvalue weighted by atomic mass is 16.3. The summed E-state index contributed by atoms with van der Waals surface area (Å²) in [5.41, 5.74) is 4.31. The molecular formula is C18H25BO2. The van der Waals surface area contributed by atoms with Crippen molar-refractivity contribution in [2.75, 3.05) is 0 Å². The maximum absolute atomic E-state index is 10.4. The first-order valence-corrected chi connectivity index (χ1v) is 8.51. The molecule has 3 aliphatic carbocycles. The highest BCUT2D eigenvalue weighted by Crippen LogP contribution is 2.60. The molecule has 3 aliphatic rings. The second kappa shape index (κ2) is 4.52. The summed E-state index contributed by atoms with van der Waals surface area (Å²) in [6.45, 7) is 2.32. The van der Waals surface area contributed by atoms with Gasteiger partial charge in [0.05, 0.1) is 6.10 Å². The fourth-order valence-corrected chi connectivity index (χ4v) is 5.93. The lowest BCUT2D eigenvalue weighted by Gasteiger charge is -2.50. The van der Waals surface area contributed by atoms with E-state index in [4.69, 9.17) is 0 Å². The third-order valence-corrected chi connectivity index (χ3v) is 6.96. The zero-order chi connectivity index (χ0) is 14.8. The highest BCUT2D eigenvalue weighted by molar-refractivity contribution is 6.33. The predicted octanol–water partition coefficient (Wildman–Crippen LogP) is 1.87. The van der Waals surface area contributed by atoms with Crippen LogP contribution in [0.5, 0.6) is 5.75 Å². The molecule has 0 amide bonds. The number of aliphatic hydroxyl groups excluding tert-OH is 1. The number of fused-ring (bicyclic) bond motifs is 5. The van der Waals surface area contributed by atoms with Gasteiger partial charge >= 0.3 is 0 Å². The van der Waals surface area contributed by atoms with Gasteiger partial charge in [0, 0.05) is 0 Å². The van der Waals surface area contributed by atoms with Gasteiger partial charge in [0.2, 0.25) is 0 Å². The Kier molecular flexibility index (Phi) is 2.95. The average Bonchev–Trinajstić information content (AvgIpc) is 2.74. The standard InChI is InChI=1S/C18H25BO2/c1-18-7-6-13-12(14(18)4-5-16(18)21)3-2-10-8-11(20)9-15(19)17(10)13/h8-9,12-14,16,20-21H,2-7,19H2,1H3/t12-,13+,14+,16-,18+/m1/s1. The van der Waals surface area contributed by atoms with Crippen molar-refractivity contribution in [3.05, 3.63) is 23.3 Å². The number of aryl methyl sites for hydroxylation is 1. The number of aliphatic hydroxyl groups is 1. The molecular weight excluding hydrogens is 259 g/mol. The number of phenolic OH excluding ortho intramolecular Hbond substituents is 1. The summed E-state index contributed by atoms with van der Waals surface area (Å²) in [7, 11) is 2.15. The maximum atomic E-state index is 10.4. The fourth-order valence-electron chi connectivity index (χ4n) is 5.93. The van der Waals surface area contributed by atoms with E-state index in [0.29, 0.717) is 17.6 Å². The van der Waals surface area contributed by atoms with Crippen molar-refractivity contribution in [3.63, 3.8) is 0 Å². The molecule has 21 heavy (non-hydrogen) atoms. The van der Waals surface area contributed by atoms with Gasteiger partial charge in [0.15, 0.2) is 0 Å². The first-order valence-electron chi connectivity index (χ1n) is 8.51. The number of hydrogen-bond acceptors (Lipinski definition) is 2. The van der Waals surface area contributed by atoms with Crippen molar-refractivity contribution in [2.45, 2.75) is 57.5 Å². The van der Waals surface area contributed by atoms with Crippen molar-refractivity contribution < 1.29 is 10.2 Å². The molecule has 0 heterocycles. The number of aromatic hydroxyl groups is 1. The molecule has 2 saturated carbocycles. The SMILES string of the molecule is Bc1cc(O)cc2c1[C@H]1CC[C@]3(C)[C@H](O)CC[C@H]3[C@@H]1CC2. The van der Waals surface area contributed by atoms with E-state index in [1.54, 1.807) is 0 Å². The van der Waals surface area contributed by atoms with E-state index >= 15 is 0 Å². The molecule has 0 unspecified atom stereocenters. The van der Waals surface area contributed by atoms with Gasteiger partial charge in [0.1, 0.15) is 13.6 Å². The largest absolute Gasteiger partial charge is 0.508 e. The molecule has 1 aromatic rings. The Morgan fingerprint density at radius 3 is 2.81 bits per heavy atom. The van der Waals surface area contributed by atoms with E-state index < -0.39 is 0 Å². The van der Waals surface area contributed by atoms with Crippen LogP contribution in [0.2, 0.25) is 0 Å². The van der Waals surface area contributed by atoms with E-state index in [0.717, 1.165) is 25.2 Å². The summed E-state index contributed by atoms with van der Waals surface area (Å²) < 4.78 is 0. The quantitative estimate of drug-likeness (QED) is 0.714. The summed E-state index contributed by atoms with van der Waals surface area (Å²) in [5, 5.41) is 20.3. The Morgan fingerprint density at radius 2 is 2.00 bits per heavy atom. The van der Waals surface area contributed by atoms with Gasteiger partial charge < -0.3 is 10.2 Å². The lowest BCUT2D eigenvalue weighted by Crippen LogP contribution is -2.45. The van der Waals surface area contributed by atoms with Crippen molar-refractivity contribution in [1.82, 2.24) is 0 Å². The van der Waals surface area contributed by atoms with Crippen LogP contribution in [0.15, 0.2) is 12.1 Å². The Labute approximate surface area is 128 Å². The van der Waals surface area contributed by atoms with Crippen LogP contribution in [0, 0.1) is 17.3 Å². The molecule has 3 heteroatoms. The van der Waals surface area contributed by atoms with Crippen LogP contribution >= 0.6 is 0 Å². The van der Waals surface area contributed by atoms with Gasteiger partial charge in [-0.15, -0.1) is 0 Å². The van der Waals surface area contributed by atoms with Crippen molar-refractivity contribution in [2.24, 2.45) is 17.3 Å². The van der Waals surface area contributed by atoms with Crippen LogP contribution in [-0.4, -0.2) is 24.2 Å². The van der Waals surface area contributed by atoms with Crippen molar-refractivity contribution >= 4 is 13.3 Å². The van der Waals surface area contributed by atoms with Gasteiger partial charge in [-0.05, 0) is 85.0 Å². The summed E-state index contributed by atoms with van der Waals surface area (Å²) in [5.74, 6) is 2.49. The Bertz CT molecular complexity index is 585. The molecule has 0 bridgehead atoms. The third kappa shape index (κ3) is 1.83. The minimum atomic E-state index is -0.0919. The first kappa shape index (κ1) is 13.7. The predicted molar refractivity (Wildman–Crippen MR) is 86.9 cm³/mol. The summed E-state index contributed by atoms with van der Waals surface area (Å²) in [6, 6.07) is 3.91. The van der Waals surface area contributed by atoms with Crippen LogP contribution in [0.4, 0.5) is 0 Å². The van der Waals surface area contributed by atoms with Crippen molar-refractivity contribution in [3.8, 4) is 5.75 Å². The Hall–Kier alpha value is -0.955. The lowest BCUT2D eigenvalue weighted by molar-refractivity contribution is -0.0224. The van der Waals surface area contributed by atoms with Crippen LogP contribution in [-0.2, 0) is 6.42 Å². The Balaban J connectivity index is 1.75. The van der Waals surface area contributed by atoms with Gasteiger partial charge in [-0.2, -0.15) is 0 Å². The van der Waals surface area contributed by atoms with Gasteiger partial charge in [-0.25, -0.2) is 0 Å². The molecule has 112 valence electrons. The molecule has 0 radical (unpaired) electrons. The van der Waals surface area contributed by atoms with E-state index in [2.05, 4.69) is 14.8 Å². The second-order valence-corrected chi connectivity index (χ2v) is 7.89. The number of hydrogen-bond donors (Lipinski definition) is 2. The maximum Gasteiger partial charge on any atom is 0.139 e. The molecule has 0 spiro atoms. The van der Waals surface area contributed by atoms with E-state index in [1.165, 1.54) is 35.9 Å². The van der Waals surface area contributed by atoms with E-state index in [9.17, 15) is 10.2 Å². The van der Waals surface area contributed by atoms with Crippen LogP contribution in [0.3, 0.4) is 0 Å². The Morgan fingerprint density at radius 1 is 1.19 bits per heavy atom. The number of phenols is 1. The minimum absolute atomic E-state index is 0.0919. The molecule has 0 saturated heterocycles. The smallest absolute Gasteiger partial charge is 0.139 e. The lowest BCUT2D eigenvalue weighted by atomic mass is 9.54. The normalized spacial score (nSPS) is 41.2. The first-order chi connectivity index (χ1) is 10.0. The molecule has 1 aromatic carbocycles.